The summed E-state index contributed by atoms with van der Waals surface area (Å²) in [6.07, 6.45) is -4.52. The number of thioether (sulfide) groups is 1. The molecule has 5 rings (SSSR count). The third-order valence-corrected chi connectivity index (χ3v) is 9.47. The van der Waals surface area contributed by atoms with Gasteiger partial charge in [-0.2, -0.15) is 31.3 Å². The smallest absolute Gasteiger partial charge is 0.367 e. The van der Waals surface area contributed by atoms with Gasteiger partial charge in [0.15, 0.2) is 11.3 Å². The number of rotatable bonds is 7. The highest BCUT2D eigenvalue weighted by molar-refractivity contribution is 8.15. The number of amidine groups is 1. The first-order chi connectivity index (χ1) is 22.9. The molecule has 0 spiro atoms. The standard InChI is InChI=1S/C30H22F7N5O5S2/c1-16-3-9-20(26(47-2)29(32,33)34)24(11-16)42-25(43)14-48-28(42)40-27(44)39-22-10-4-17(12-21(22)31)23-13-41(15-38-23)18-5-7-19(8-6-18)49(45,46)30(35,36)37/h3-13,15,26H,14H2,1-2H3,(H,39,44)/b40-28-. The number of halogens is 7. The number of aryl methyl sites for hydroxylation is 1. The van der Waals surface area contributed by atoms with E-state index in [9.17, 15) is 44.3 Å². The number of amides is 3. The van der Waals surface area contributed by atoms with Crippen LogP contribution < -0.4 is 10.2 Å². The van der Waals surface area contributed by atoms with Gasteiger partial charge in [0.2, 0.25) is 5.91 Å². The minimum Gasteiger partial charge on any atom is -0.367 e. The third kappa shape index (κ3) is 7.32. The van der Waals surface area contributed by atoms with Crippen molar-refractivity contribution in [2.45, 2.75) is 29.6 Å². The van der Waals surface area contributed by atoms with Crippen molar-refractivity contribution in [1.82, 2.24) is 9.55 Å². The summed E-state index contributed by atoms with van der Waals surface area (Å²) in [5, 5.41) is 2.00. The van der Waals surface area contributed by atoms with Gasteiger partial charge in [-0.3, -0.25) is 9.69 Å². The minimum absolute atomic E-state index is 0.178. The number of aromatic nitrogens is 2. The topological polar surface area (TPSA) is 123 Å². The zero-order valence-electron chi connectivity index (χ0n) is 25.0. The lowest BCUT2D eigenvalue weighted by Gasteiger charge is -2.26. The van der Waals surface area contributed by atoms with Crippen molar-refractivity contribution in [3.05, 3.63) is 90.1 Å². The summed E-state index contributed by atoms with van der Waals surface area (Å²) >= 11 is 0.800. The molecule has 19 heteroatoms. The Morgan fingerprint density at radius 2 is 1.73 bits per heavy atom. The monoisotopic (exact) mass is 729 g/mol. The van der Waals surface area contributed by atoms with Gasteiger partial charge in [0.05, 0.1) is 34.0 Å². The van der Waals surface area contributed by atoms with Crippen LogP contribution >= 0.6 is 11.8 Å². The summed E-state index contributed by atoms with van der Waals surface area (Å²) in [6.45, 7) is 1.60. The first-order valence-corrected chi connectivity index (χ1v) is 16.2. The lowest BCUT2D eigenvalue weighted by Crippen LogP contribution is -2.33. The number of ether oxygens (including phenoxy) is 1. The van der Waals surface area contributed by atoms with Crippen LogP contribution in [0.5, 0.6) is 0 Å². The van der Waals surface area contributed by atoms with Gasteiger partial charge >= 0.3 is 17.7 Å². The average molecular weight is 730 g/mol. The van der Waals surface area contributed by atoms with E-state index in [4.69, 9.17) is 0 Å². The molecule has 1 unspecified atom stereocenters. The van der Waals surface area contributed by atoms with E-state index in [0.717, 1.165) is 54.1 Å². The maximum atomic E-state index is 15.1. The predicted molar refractivity (Wildman–Crippen MR) is 166 cm³/mol. The van der Waals surface area contributed by atoms with Crippen molar-refractivity contribution in [1.29, 1.82) is 0 Å². The number of anilines is 2. The van der Waals surface area contributed by atoms with E-state index in [-0.39, 0.29) is 44.8 Å². The normalized spacial score (nSPS) is 15.6. The van der Waals surface area contributed by atoms with Crippen LogP contribution in [-0.4, -0.2) is 59.6 Å². The largest absolute Gasteiger partial charge is 0.501 e. The number of nitrogens with zero attached hydrogens (tertiary/aromatic N) is 4. The van der Waals surface area contributed by atoms with Crippen molar-refractivity contribution in [2.75, 3.05) is 23.1 Å². The van der Waals surface area contributed by atoms with Gasteiger partial charge in [-0.05, 0) is 55.0 Å². The first-order valence-electron chi connectivity index (χ1n) is 13.7. The molecule has 49 heavy (non-hydrogen) atoms. The van der Waals surface area contributed by atoms with Gasteiger partial charge in [-0.15, -0.1) is 0 Å². The Kier molecular flexibility index (Phi) is 9.64. The maximum Gasteiger partial charge on any atom is 0.501 e. The lowest BCUT2D eigenvalue weighted by atomic mass is 10.0. The van der Waals surface area contributed by atoms with E-state index >= 15 is 4.39 Å². The summed E-state index contributed by atoms with van der Waals surface area (Å²) in [5.41, 5.74) is -5.13. The Labute approximate surface area is 277 Å². The van der Waals surface area contributed by atoms with Crippen LogP contribution in [0.3, 0.4) is 0 Å². The molecule has 0 saturated carbocycles. The predicted octanol–water partition coefficient (Wildman–Crippen LogP) is 7.20. The van der Waals surface area contributed by atoms with Crippen LogP contribution in [0.4, 0.5) is 46.9 Å². The Bertz CT molecular complexity index is 2060. The van der Waals surface area contributed by atoms with Crippen LogP contribution in [0, 0.1) is 12.7 Å². The molecular weight excluding hydrogens is 707 g/mol. The number of imidazole rings is 1. The van der Waals surface area contributed by atoms with Crippen molar-refractivity contribution in [2.24, 2.45) is 4.99 Å². The van der Waals surface area contributed by atoms with Gasteiger partial charge in [-0.25, -0.2) is 22.6 Å². The minimum atomic E-state index is -5.53. The van der Waals surface area contributed by atoms with E-state index in [1.54, 1.807) is 6.92 Å². The highest BCUT2D eigenvalue weighted by atomic mass is 32.2. The number of aliphatic imine (C=N–C) groups is 1. The molecule has 0 radical (unpaired) electrons. The number of hydrogen-bond donors (Lipinski definition) is 1. The molecule has 0 bridgehead atoms. The summed E-state index contributed by atoms with van der Waals surface area (Å²) in [7, 11) is -4.66. The fourth-order valence-corrected chi connectivity index (χ4v) is 6.36. The molecular formula is C30H22F7N5O5S2. The molecule has 10 nitrogen and oxygen atoms in total. The number of benzene rings is 3. The first kappa shape index (κ1) is 35.6. The molecule has 1 aliphatic heterocycles. The number of carbonyl (C=O) groups excluding carboxylic acids is 2. The SMILES string of the molecule is COC(c1ccc(C)cc1N1C(=O)CS/C1=N\C(=O)Nc1ccc(-c2cn(-c3ccc(S(=O)(=O)C(F)(F)F)cc3)cn2)cc1F)C(F)(F)F. The van der Waals surface area contributed by atoms with E-state index in [2.05, 4.69) is 20.0 Å². The van der Waals surface area contributed by atoms with Crippen molar-refractivity contribution < 1.29 is 53.5 Å². The van der Waals surface area contributed by atoms with Gasteiger partial charge in [0.25, 0.3) is 9.84 Å². The summed E-state index contributed by atoms with van der Waals surface area (Å²) in [5.74, 6) is -1.79. The molecule has 258 valence electrons. The molecule has 1 fully saturated rings. The van der Waals surface area contributed by atoms with Gasteiger partial charge < -0.3 is 14.6 Å². The van der Waals surface area contributed by atoms with E-state index in [0.29, 0.717) is 5.56 Å². The molecule has 1 aromatic heterocycles. The van der Waals surface area contributed by atoms with Crippen LogP contribution in [-0.2, 0) is 19.4 Å². The van der Waals surface area contributed by atoms with Crippen molar-refractivity contribution >= 4 is 50.1 Å². The average Bonchev–Trinajstić information content (AvgIpc) is 3.65. The molecule has 2 heterocycles. The second-order valence-corrected chi connectivity index (χ2v) is 13.2. The second-order valence-electron chi connectivity index (χ2n) is 10.4. The number of alkyl halides is 6. The quantitative estimate of drug-likeness (QED) is 0.200. The van der Waals surface area contributed by atoms with Crippen LogP contribution in [0.2, 0.25) is 0 Å². The molecule has 1 atom stereocenters. The zero-order valence-corrected chi connectivity index (χ0v) is 26.6. The highest BCUT2D eigenvalue weighted by Crippen LogP contribution is 2.42. The van der Waals surface area contributed by atoms with E-state index < -0.39 is 50.3 Å². The summed E-state index contributed by atoms with van der Waals surface area (Å²) in [6, 6.07) is 10.2. The van der Waals surface area contributed by atoms with Gasteiger partial charge in [0.1, 0.15) is 5.82 Å². The number of hydrogen-bond acceptors (Lipinski definition) is 7. The fourth-order valence-electron chi connectivity index (χ4n) is 4.74. The molecule has 4 aromatic rings. The van der Waals surface area contributed by atoms with Gasteiger partial charge in [0, 0.05) is 30.1 Å². The maximum absolute atomic E-state index is 15.1. The molecule has 0 aliphatic carbocycles. The Morgan fingerprint density at radius 3 is 2.35 bits per heavy atom. The van der Waals surface area contributed by atoms with Crippen molar-refractivity contribution in [3.63, 3.8) is 0 Å². The number of carbonyl (C=O) groups is 2. The van der Waals surface area contributed by atoms with Crippen LogP contribution in [0.25, 0.3) is 16.9 Å². The van der Waals surface area contributed by atoms with Gasteiger partial charge in [-0.1, -0.05) is 30.0 Å². The zero-order chi connectivity index (χ0) is 35.9. The number of methoxy groups -OCH3 is 1. The lowest BCUT2D eigenvalue weighted by molar-refractivity contribution is -0.215. The molecule has 3 aromatic carbocycles. The number of nitrogens with one attached hydrogen (secondary N) is 1. The Hall–Kier alpha value is -4.75. The Morgan fingerprint density at radius 1 is 1.04 bits per heavy atom. The summed E-state index contributed by atoms with van der Waals surface area (Å²) in [4.78, 5) is 33.5. The van der Waals surface area contributed by atoms with Crippen molar-refractivity contribution in [3.8, 4) is 16.9 Å². The highest BCUT2D eigenvalue weighted by Gasteiger charge is 2.47. The molecule has 1 aliphatic rings. The molecule has 3 amide bonds. The molecule has 1 saturated heterocycles. The number of sulfone groups is 1. The second kappa shape index (κ2) is 13.3. The third-order valence-electron chi connectivity index (χ3n) is 7.04. The summed E-state index contributed by atoms with van der Waals surface area (Å²) < 4.78 is 124. The van der Waals surface area contributed by atoms with Crippen LogP contribution in [0.1, 0.15) is 17.2 Å². The van der Waals surface area contributed by atoms with E-state index in [1.165, 1.54) is 47.4 Å². The molecule has 1 N–H and O–H groups in total. The fraction of sp³-hybridized carbons (Fsp3) is 0.200. The Balaban J connectivity index is 1.34. The van der Waals surface area contributed by atoms with E-state index in [1.807, 2.05) is 0 Å². The number of urea groups is 1. The van der Waals surface area contributed by atoms with Crippen LogP contribution in [0.15, 0.2) is 83.1 Å².